The van der Waals surface area contributed by atoms with Crippen LogP contribution < -0.4 is 4.74 Å². The second kappa shape index (κ2) is 8.85. The summed E-state index contributed by atoms with van der Waals surface area (Å²) in [4.78, 5) is 0.309. The zero-order chi connectivity index (χ0) is 19.3. The lowest BCUT2D eigenvalue weighted by Gasteiger charge is -2.06. The summed E-state index contributed by atoms with van der Waals surface area (Å²) in [6.07, 6.45) is 0. The van der Waals surface area contributed by atoms with Gasteiger partial charge in [-0.3, -0.25) is 0 Å². The van der Waals surface area contributed by atoms with Crippen LogP contribution in [0.4, 0.5) is 0 Å². The largest absolute Gasteiger partial charge is 0.497 e. The van der Waals surface area contributed by atoms with Gasteiger partial charge in [0.2, 0.25) is 5.16 Å². The second-order valence-electron chi connectivity index (χ2n) is 5.59. The maximum Gasteiger partial charge on any atom is 0.209 e. The third-order valence-electron chi connectivity index (χ3n) is 3.75. The molecule has 1 heterocycles. The Labute approximate surface area is 170 Å². The minimum atomic E-state index is -3.34. The van der Waals surface area contributed by atoms with Gasteiger partial charge in [-0.1, -0.05) is 39.8 Å². The van der Waals surface area contributed by atoms with Crippen molar-refractivity contribution in [1.82, 2.24) is 20.2 Å². The van der Waals surface area contributed by atoms with Crippen molar-refractivity contribution >= 4 is 37.5 Å². The van der Waals surface area contributed by atoms with Crippen LogP contribution in [-0.4, -0.2) is 47.2 Å². The fourth-order valence-corrected chi connectivity index (χ4v) is 5.09. The van der Waals surface area contributed by atoms with Crippen molar-refractivity contribution in [1.29, 1.82) is 0 Å². The molecule has 1 aromatic heterocycles. The van der Waals surface area contributed by atoms with Crippen molar-refractivity contribution in [3.05, 3.63) is 58.6 Å². The molecule has 0 saturated carbocycles. The van der Waals surface area contributed by atoms with E-state index >= 15 is 0 Å². The van der Waals surface area contributed by atoms with Gasteiger partial charge < -0.3 is 4.74 Å². The highest BCUT2D eigenvalue weighted by Crippen LogP contribution is 2.20. The molecule has 0 unspecified atom stereocenters. The van der Waals surface area contributed by atoms with Crippen molar-refractivity contribution in [2.45, 2.75) is 16.6 Å². The van der Waals surface area contributed by atoms with E-state index in [-0.39, 0.29) is 5.75 Å². The smallest absolute Gasteiger partial charge is 0.209 e. The predicted molar refractivity (Wildman–Crippen MR) is 107 cm³/mol. The molecule has 142 valence electrons. The summed E-state index contributed by atoms with van der Waals surface area (Å²) in [6, 6.07) is 14.2. The average Bonchev–Trinajstić information content (AvgIpc) is 3.09. The van der Waals surface area contributed by atoms with Gasteiger partial charge >= 0.3 is 0 Å². The highest BCUT2D eigenvalue weighted by atomic mass is 79.9. The van der Waals surface area contributed by atoms with Gasteiger partial charge in [0.25, 0.3) is 0 Å². The van der Waals surface area contributed by atoms with Gasteiger partial charge in [0.1, 0.15) is 5.75 Å². The average molecular weight is 469 g/mol. The SMILES string of the molecule is COc1ccc(Cn2nnnc2SCCS(=O)(=O)c2ccc(Br)cc2)cc1. The number of nitrogens with zero attached hydrogens (tertiary/aromatic N) is 4. The molecule has 0 aliphatic heterocycles. The maximum absolute atomic E-state index is 12.4. The van der Waals surface area contributed by atoms with E-state index in [1.54, 1.807) is 36.1 Å². The molecule has 0 fully saturated rings. The van der Waals surface area contributed by atoms with Gasteiger partial charge in [0, 0.05) is 10.2 Å². The van der Waals surface area contributed by atoms with Crippen molar-refractivity contribution in [2.24, 2.45) is 0 Å². The lowest BCUT2D eigenvalue weighted by atomic mass is 10.2. The number of hydrogen-bond donors (Lipinski definition) is 0. The molecule has 0 bridgehead atoms. The zero-order valence-electron chi connectivity index (χ0n) is 14.4. The number of rotatable bonds is 8. The van der Waals surface area contributed by atoms with Crippen LogP contribution in [0.1, 0.15) is 5.56 Å². The summed E-state index contributed by atoms with van der Waals surface area (Å²) in [6.45, 7) is 0.499. The maximum atomic E-state index is 12.4. The van der Waals surface area contributed by atoms with Gasteiger partial charge in [0.15, 0.2) is 9.84 Å². The minimum Gasteiger partial charge on any atom is -0.497 e. The first-order chi connectivity index (χ1) is 13.0. The number of sulfone groups is 1. The van der Waals surface area contributed by atoms with E-state index < -0.39 is 9.84 Å². The van der Waals surface area contributed by atoms with Crippen LogP contribution in [0.5, 0.6) is 5.75 Å². The van der Waals surface area contributed by atoms with E-state index in [4.69, 9.17) is 4.74 Å². The summed E-state index contributed by atoms with van der Waals surface area (Å²) in [5, 5.41) is 12.3. The Balaban J connectivity index is 1.60. The van der Waals surface area contributed by atoms with E-state index in [0.29, 0.717) is 22.3 Å². The first kappa shape index (κ1) is 19.8. The minimum absolute atomic E-state index is 0.00863. The van der Waals surface area contributed by atoms with Crippen LogP contribution in [0.15, 0.2) is 63.1 Å². The van der Waals surface area contributed by atoms with E-state index in [1.165, 1.54) is 11.8 Å². The molecule has 0 spiro atoms. The Bertz CT molecular complexity index is 990. The van der Waals surface area contributed by atoms with Gasteiger partial charge in [-0.05, 0) is 52.4 Å². The summed E-state index contributed by atoms with van der Waals surface area (Å²) >= 11 is 4.62. The quantitative estimate of drug-likeness (QED) is 0.469. The first-order valence-electron chi connectivity index (χ1n) is 7.98. The molecule has 7 nitrogen and oxygen atoms in total. The number of benzene rings is 2. The standard InChI is InChI=1S/C17H17BrN4O3S2/c1-25-15-6-2-13(3-7-15)12-22-17(19-20-21-22)26-10-11-27(23,24)16-8-4-14(18)5-9-16/h2-9H,10-12H2,1H3. The lowest BCUT2D eigenvalue weighted by Crippen LogP contribution is -2.10. The normalized spacial score (nSPS) is 11.5. The van der Waals surface area contributed by atoms with Crippen molar-refractivity contribution in [3.63, 3.8) is 0 Å². The van der Waals surface area contributed by atoms with E-state index in [1.807, 2.05) is 24.3 Å². The molecule has 0 atom stereocenters. The zero-order valence-corrected chi connectivity index (χ0v) is 17.7. The molecule has 27 heavy (non-hydrogen) atoms. The molecule has 0 aliphatic carbocycles. The highest BCUT2D eigenvalue weighted by molar-refractivity contribution is 9.10. The Morgan fingerprint density at radius 1 is 1.11 bits per heavy atom. The summed E-state index contributed by atoms with van der Waals surface area (Å²) < 4.78 is 32.5. The topological polar surface area (TPSA) is 87.0 Å². The van der Waals surface area contributed by atoms with Crippen LogP contribution >= 0.6 is 27.7 Å². The number of halogens is 1. The third kappa shape index (κ3) is 5.30. The number of ether oxygens (including phenoxy) is 1. The molecule has 3 rings (SSSR count). The van der Waals surface area contributed by atoms with E-state index in [0.717, 1.165) is 15.8 Å². The number of thioether (sulfide) groups is 1. The monoisotopic (exact) mass is 468 g/mol. The van der Waals surface area contributed by atoms with Gasteiger partial charge in [-0.15, -0.1) is 5.10 Å². The fourth-order valence-electron chi connectivity index (χ4n) is 2.31. The highest BCUT2D eigenvalue weighted by Gasteiger charge is 2.16. The summed E-state index contributed by atoms with van der Waals surface area (Å²) in [5.41, 5.74) is 1.02. The van der Waals surface area contributed by atoms with Gasteiger partial charge in [0.05, 0.1) is 24.3 Å². The van der Waals surface area contributed by atoms with Crippen molar-refractivity contribution < 1.29 is 13.2 Å². The molecular formula is C17H17BrN4O3S2. The van der Waals surface area contributed by atoms with Crippen LogP contribution in [0.2, 0.25) is 0 Å². The molecule has 3 aromatic rings. The molecule has 10 heteroatoms. The van der Waals surface area contributed by atoms with Crippen LogP contribution in [0.25, 0.3) is 0 Å². The molecule has 0 amide bonds. The van der Waals surface area contributed by atoms with Gasteiger partial charge in [-0.25, -0.2) is 13.1 Å². The Morgan fingerprint density at radius 3 is 2.48 bits per heavy atom. The number of methoxy groups -OCH3 is 1. The summed E-state index contributed by atoms with van der Waals surface area (Å²) in [7, 11) is -1.72. The number of tetrazole rings is 1. The molecular weight excluding hydrogens is 452 g/mol. The lowest BCUT2D eigenvalue weighted by molar-refractivity contribution is 0.414. The van der Waals surface area contributed by atoms with E-state index in [2.05, 4.69) is 31.5 Å². The van der Waals surface area contributed by atoms with Crippen molar-refractivity contribution in [3.8, 4) is 5.75 Å². The molecule has 2 aromatic carbocycles. The summed E-state index contributed by atoms with van der Waals surface area (Å²) in [5.74, 6) is 1.15. The Morgan fingerprint density at radius 2 is 1.81 bits per heavy atom. The van der Waals surface area contributed by atoms with Crippen LogP contribution in [0, 0.1) is 0 Å². The van der Waals surface area contributed by atoms with Crippen molar-refractivity contribution in [2.75, 3.05) is 18.6 Å². The Hall–Kier alpha value is -1.91. The molecule has 0 radical (unpaired) electrons. The predicted octanol–water partition coefficient (Wildman–Crippen LogP) is 3.06. The molecule has 0 saturated heterocycles. The number of hydrogen-bond acceptors (Lipinski definition) is 7. The second-order valence-corrected chi connectivity index (χ2v) is 9.68. The van der Waals surface area contributed by atoms with Gasteiger partial charge in [-0.2, -0.15) is 0 Å². The first-order valence-corrected chi connectivity index (χ1v) is 11.4. The van der Waals surface area contributed by atoms with Crippen LogP contribution in [0.3, 0.4) is 0 Å². The molecule has 0 aliphatic rings. The number of aromatic nitrogens is 4. The van der Waals surface area contributed by atoms with Crippen LogP contribution in [-0.2, 0) is 16.4 Å². The molecule has 0 N–H and O–H groups in total. The Kier molecular flexibility index (Phi) is 6.51. The third-order valence-corrected chi connectivity index (χ3v) is 7.22. The van der Waals surface area contributed by atoms with E-state index in [9.17, 15) is 8.42 Å². The fraction of sp³-hybridized carbons (Fsp3) is 0.235.